The van der Waals surface area contributed by atoms with Crippen molar-refractivity contribution in [2.75, 3.05) is 13.2 Å². The van der Waals surface area contributed by atoms with Gasteiger partial charge in [0.2, 0.25) is 0 Å². The molecule has 8 heteroatoms. The van der Waals surface area contributed by atoms with Crippen molar-refractivity contribution in [2.24, 2.45) is 0 Å². The molecule has 1 aliphatic carbocycles. The molecule has 1 aromatic carbocycles. The van der Waals surface area contributed by atoms with Crippen molar-refractivity contribution in [2.45, 2.75) is 72.0 Å². The molecule has 0 heterocycles. The van der Waals surface area contributed by atoms with Crippen LogP contribution in [0.4, 0.5) is 0 Å². The number of esters is 2. The van der Waals surface area contributed by atoms with E-state index in [9.17, 15) is 19.2 Å². The minimum Gasteiger partial charge on any atom is -0.478 e. The summed E-state index contributed by atoms with van der Waals surface area (Å²) in [6.45, 7) is 7.31. The van der Waals surface area contributed by atoms with Crippen molar-refractivity contribution >= 4 is 23.5 Å². The van der Waals surface area contributed by atoms with E-state index in [-0.39, 0.29) is 60.2 Å². The Bertz CT molecular complexity index is 762. The summed E-state index contributed by atoms with van der Waals surface area (Å²) in [5.74, 6) is -1.37. The second-order valence-electron chi connectivity index (χ2n) is 7.05. The van der Waals surface area contributed by atoms with Gasteiger partial charge in [0, 0.05) is 12.8 Å². The standard InChI is InChI=1S/C23H30O8/c1-5-16(22(26)28-7-3)30-18-12-13-19(31-17(6-2)23(27)29-8-4)21-15(25)11-9-10-14(24)20(18)21/h12-13,16-17H,5-11H2,1-4H3. The molecule has 1 aliphatic rings. The van der Waals surface area contributed by atoms with Crippen molar-refractivity contribution in [3.05, 3.63) is 23.3 Å². The zero-order valence-electron chi connectivity index (χ0n) is 18.5. The number of ether oxygens (including phenoxy) is 4. The summed E-state index contributed by atoms with van der Waals surface area (Å²) in [6.07, 6.45) is -0.429. The molecule has 170 valence electrons. The highest BCUT2D eigenvalue weighted by Gasteiger charge is 2.32. The Balaban J connectivity index is 2.50. The first-order valence-corrected chi connectivity index (χ1v) is 10.8. The van der Waals surface area contributed by atoms with Gasteiger partial charge in [-0.2, -0.15) is 0 Å². The SMILES string of the molecule is CCOC(=O)C(CC)Oc1ccc(OC(CC)C(=O)OCC)c2c1C(=O)CCCC2=O. The lowest BCUT2D eigenvalue weighted by atomic mass is 9.98. The van der Waals surface area contributed by atoms with Gasteiger partial charge in [0.15, 0.2) is 23.8 Å². The predicted molar refractivity (Wildman–Crippen MR) is 112 cm³/mol. The summed E-state index contributed by atoms with van der Waals surface area (Å²) in [5.41, 5.74) is 0.169. The van der Waals surface area contributed by atoms with E-state index in [0.717, 1.165) is 0 Å². The Morgan fingerprint density at radius 1 is 0.774 bits per heavy atom. The van der Waals surface area contributed by atoms with Crippen molar-refractivity contribution in [1.29, 1.82) is 0 Å². The largest absolute Gasteiger partial charge is 0.478 e. The predicted octanol–water partition coefficient (Wildman–Crippen LogP) is 3.68. The molecule has 1 aromatic rings. The number of hydrogen-bond donors (Lipinski definition) is 0. The number of carbonyl (C=O) groups is 4. The van der Waals surface area contributed by atoms with Crippen LogP contribution in [0.25, 0.3) is 0 Å². The quantitative estimate of drug-likeness (QED) is 0.406. The molecule has 0 aromatic heterocycles. The van der Waals surface area contributed by atoms with Gasteiger partial charge in [0.1, 0.15) is 11.5 Å². The number of ketones is 2. The molecule has 0 spiro atoms. The van der Waals surface area contributed by atoms with Gasteiger partial charge in [-0.3, -0.25) is 9.59 Å². The Hall–Kier alpha value is -2.90. The average molecular weight is 434 g/mol. The first kappa shape index (κ1) is 24.4. The topological polar surface area (TPSA) is 105 Å². The Morgan fingerprint density at radius 3 is 1.48 bits per heavy atom. The maximum absolute atomic E-state index is 12.9. The van der Waals surface area contributed by atoms with Crippen LogP contribution in [0, 0.1) is 0 Å². The number of carbonyl (C=O) groups excluding carboxylic acids is 4. The minimum absolute atomic E-state index is 0.0847. The monoisotopic (exact) mass is 434 g/mol. The third-order valence-electron chi connectivity index (χ3n) is 4.87. The highest BCUT2D eigenvalue weighted by Crippen LogP contribution is 2.37. The smallest absolute Gasteiger partial charge is 0.347 e. The molecule has 31 heavy (non-hydrogen) atoms. The van der Waals surface area contributed by atoms with Crippen molar-refractivity contribution in [1.82, 2.24) is 0 Å². The van der Waals surface area contributed by atoms with Gasteiger partial charge >= 0.3 is 11.9 Å². The summed E-state index contributed by atoms with van der Waals surface area (Å²) in [6, 6.07) is 2.98. The van der Waals surface area contributed by atoms with Crippen LogP contribution in [0.2, 0.25) is 0 Å². The third-order valence-corrected chi connectivity index (χ3v) is 4.87. The summed E-state index contributed by atoms with van der Waals surface area (Å²) >= 11 is 0. The fourth-order valence-corrected chi connectivity index (χ4v) is 3.35. The molecular weight excluding hydrogens is 404 g/mol. The van der Waals surface area contributed by atoms with E-state index < -0.39 is 24.1 Å². The molecule has 0 saturated heterocycles. The fraction of sp³-hybridized carbons (Fsp3) is 0.565. The molecule has 2 atom stereocenters. The summed E-state index contributed by atoms with van der Waals surface area (Å²) in [5, 5.41) is 0. The molecule has 2 rings (SSSR count). The third kappa shape index (κ3) is 5.83. The number of Topliss-reactive ketones (excluding diaryl/α,β-unsaturated/α-hetero) is 2. The zero-order valence-corrected chi connectivity index (χ0v) is 18.5. The van der Waals surface area contributed by atoms with Gasteiger partial charge in [-0.25, -0.2) is 9.59 Å². The molecule has 0 saturated carbocycles. The van der Waals surface area contributed by atoms with Gasteiger partial charge in [-0.1, -0.05) is 13.8 Å². The average Bonchev–Trinajstić information content (AvgIpc) is 2.90. The van der Waals surface area contributed by atoms with Crippen LogP contribution in [0.5, 0.6) is 11.5 Å². The fourth-order valence-electron chi connectivity index (χ4n) is 3.35. The molecular formula is C23H30O8. The molecule has 0 amide bonds. The molecule has 8 nitrogen and oxygen atoms in total. The maximum Gasteiger partial charge on any atom is 0.347 e. The van der Waals surface area contributed by atoms with E-state index in [1.54, 1.807) is 27.7 Å². The van der Waals surface area contributed by atoms with E-state index in [1.165, 1.54) is 12.1 Å². The van der Waals surface area contributed by atoms with Gasteiger partial charge in [-0.15, -0.1) is 0 Å². The molecule has 0 bridgehead atoms. The number of fused-ring (bicyclic) bond motifs is 1. The van der Waals surface area contributed by atoms with E-state index in [1.807, 2.05) is 0 Å². The molecule has 0 fully saturated rings. The summed E-state index contributed by atoms with van der Waals surface area (Å²) < 4.78 is 21.7. The lowest BCUT2D eigenvalue weighted by Gasteiger charge is -2.22. The molecule has 0 radical (unpaired) electrons. The minimum atomic E-state index is -0.912. The highest BCUT2D eigenvalue weighted by atomic mass is 16.6. The number of rotatable bonds is 10. The van der Waals surface area contributed by atoms with Crippen LogP contribution in [-0.4, -0.2) is 48.9 Å². The van der Waals surface area contributed by atoms with Crippen LogP contribution < -0.4 is 9.47 Å². The molecule has 0 aliphatic heterocycles. The number of benzene rings is 1. The second-order valence-corrected chi connectivity index (χ2v) is 7.05. The van der Waals surface area contributed by atoms with Gasteiger partial charge in [-0.05, 0) is 45.2 Å². The summed E-state index contributed by atoms with van der Waals surface area (Å²) in [7, 11) is 0. The van der Waals surface area contributed by atoms with Gasteiger partial charge in [0.05, 0.1) is 24.3 Å². The van der Waals surface area contributed by atoms with Crippen LogP contribution in [-0.2, 0) is 19.1 Å². The van der Waals surface area contributed by atoms with Crippen LogP contribution >= 0.6 is 0 Å². The maximum atomic E-state index is 12.9. The first-order chi connectivity index (χ1) is 14.9. The highest BCUT2D eigenvalue weighted by molar-refractivity contribution is 6.13. The first-order valence-electron chi connectivity index (χ1n) is 10.8. The van der Waals surface area contributed by atoms with Gasteiger partial charge < -0.3 is 18.9 Å². The second kappa shape index (κ2) is 11.5. The normalized spacial score (nSPS) is 15.4. The molecule has 0 N–H and O–H groups in total. The van der Waals surface area contributed by atoms with Crippen molar-refractivity contribution in [3.63, 3.8) is 0 Å². The van der Waals surface area contributed by atoms with E-state index >= 15 is 0 Å². The molecule has 2 unspecified atom stereocenters. The Morgan fingerprint density at radius 2 is 1.16 bits per heavy atom. The lowest BCUT2D eigenvalue weighted by Crippen LogP contribution is -2.30. The summed E-state index contributed by atoms with van der Waals surface area (Å²) in [4.78, 5) is 50.1. The van der Waals surface area contributed by atoms with Crippen LogP contribution in [0.1, 0.15) is 80.5 Å². The van der Waals surface area contributed by atoms with Crippen molar-refractivity contribution < 1.29 is 38.1 Å². The van der Waals surface area contributed by atoms with Crippen LogP contribution in [0.3, 0.4) is 0 Å². The Kier molecular flexibility index (Phi) is 9.03. The van der Waals surface area contributed by atoms with Crippen molar-refractivity contribution in [3.8, 4) is 11.5 Å². The Labute approximate surface area is 182 Å². The van der Waals surface area contributed by atoms with Gasteiger partial charge in [0.25, 0.3) is 0 Å². The van der Waals surface area contributed by atoms with E-state index in [0.29, 0.717) is 19.3 Å². The van der Waals surface area contributed by atoms with Crippen LogP contribution in [0.15, 0.2) is 12.1 Å². The number of hydrogen-bond acceptors (Lipinski definition) is 8. The zero-order chi connectivity index (χ0) is 23.0. The lowest BCUT2D eigenvalue weighted by molar-refractivity contribution is -0.152. The van der Waals surface area contributed by atoms with E-state index in [4.69, 9.17) is 18.9 Å². The van der Waals surface area contributed by atoms with E-state index in [2.05, 4.69) is 0 Å².